The van der Waals surface area contributed by atoms with E-state index in [0.29, 0.717) is 16.3 Å². The molecule has 0 bridgehead atoms. The lowest BCUT2D eigenvalue weighted by Gasteiger charge is -2.03. The number of nitrogens with one attached hydrogen (secondary N) is 1. The molecule has 1 rings (SSSR count). The Morgan fingerprint density at radius 1 is 1.71 bits per heavy atom. The van der Waals surface area contributed by atoms with Crippen LogP contribution in [0.4, 0.5) is 0 Å². The lowest BCUT2D eigenvalue weighted by molar-refractivity contribution is 0.826. The minimum atomic E-state index is -0.261. The monoisotopic (exact) mass is 196 g/mol. The highest BCUT2D eigenvalue weighted by atomic mass is 16.1. The molecule has 0 amide bonds. The van der Waals surface area contributed by atoms with Gasteiger partial charge in [0.2, 0.25) is 0 Å². The molecule has 0 aromatic carbocycles. The molecule has 1 heterocycles. The molecule has 5 heteroatoms. The van der Waals surface area contributed by atoms with Crippen molar-refractivity contribution in [3.63, 3.8) is 0 Å². The first-order chi connectivity index (χ1) is 6.57. The Morgan fingerprint density at radius 2 is 2.36 bits per heavy atom. The average molecular weight is 196 g/mol. The first kappa shape index (κ1) is 10.3. The maximum absolute atomic E-state index is 11.5. The molecule has 0 aliphatic rings. The second-order valence-corrected chi connectivity index (χ2v) is 3.27. The molecule has 1 aromatic heterocycles. The lowest BCUT2D eigenvalue weighted by Crippen LogP contribution is -2.47. The SMILES string of the molecule is CC(C)/C(N)=c1\c(=O)[nH]cn\c1=C\N.[HH]. The third-order valence-electron chi connectivity index (χ3n) is 1.95. The summed E-state index contributed by atoms with van der Waals surface area (Å²) in [7, 11) is 0. The summed E-state index contributed by atoms with van der Waals surface area (Å²) in [5, 5.41) is 0.782. The molecule has 14 heavy (non-hydrogen) atoms. The van der Waals surface area contributed by atoms with Crippen LogP contribution < -0.4 is 27.6 Å². The van der Waals surface area contributed by atoms with Gasteiger partial charge in [0.05, 0.1) is 16.9 Å². The molecule has 0 radical (unpaired) electrons. The fraction of sp³-hybridized carbons (Fsp3) is 0.333. The van der Waals surface area contributed by atoms with Gasteiger partial charge >= 0.3 is 0 Å². The third-order valence-corrected chi connectivity index (χ3v) is 1.95. The van der Waals surface area contributed by atoms with Crippen molar-refractivity contribution in [3.05, 3.63) is 27.2 Å². The summed E-state index contributed by atoms with van der Waals surface area (Å²) >= 11 is 0. The standard InChI is InChI=1S/C9H14N4O.H2/c1-5(2)8(11)7-6(3-10)12-4-13-9(7)14;/h3-5H,10-11H2,1-2H3,(H,12,13,14);1H/b6-3+,8-7+;. The highest BCUT2D eigenvalue weighted by molar-refractivity contribution is 5.42. The smallest absolute Gasteiger partial charge is 0.260 e. The zero-order chi connectivity index (χ0) is 10.7. The third kappa shape index (κ3) is 1.76. The normalized spacial score (nSPS) is 14.6. The lowest BCUT2D eigenvalue weighted by atomic mass is 10.1. The first-order valence-corrected chi connectivity index (χ1v) is 4.33. The number of aromatic nitrogens is 2. The molecule has 0 fully saturated rings. The van der Waals surface area contributed by atoms with Crippen molar-refractivity contribution < 1.29 is 1.43 Å². The molecule has 78 valence electrons. The summed E-state index contributed by atoms with van der Waals surface area (Å²) in [6.45, 7) is 3.81. The van der Waals surface area contributed by atoms with E-state index in [1.165, 1.54) is 12.5 Å². The van der Waals surface area contributed by atoms with Crippen LogP contribution in [0.3, 0.4) is 0 Å². The highest BCUT2D eigenvalue weighted by Crippen LogP contribution is 1.98. The van der Waals surface area contributed by atoms with Crippen molar-refractivity contribution >= 4 is 11.9 Å². The number of H-pyrrole nitrogens is 1. The molecule has 0 unspecified atom stereocenters. The van der Waals surface area contributed by atoms with Crippen LogP contribution in [0.15, 0.2) is 11.1 Å². The van der Waals surface area contributed by atoms with Crippen molar-refractivity contribution in [3.8, 4) is 0 Å². The molecule has 0 spiro atoms. The van der Waals surface area contributed by atoms with Gasteiger partial charge < -0.3 is 16.5 Å². The Bertz CT molecular complexity index is 492. The second kappa shape index (κ2) is 3.95. The van der Waals surface area contributed by atoms with Crippen LogP contribution in [-0.2, 0) is 0 Å². The van der Waals surface area contributed by atoms with E-state index < -0.39 is 0 Å². The molecule has 0 saturated heterocycles. The van der Waals surface area contributed by atoms with Crippen molar-refractivity contribution in [1.29, 1.82) is 0 Å². The topological polar surface area (TPSA) is 97.8 Å². The van der Waals surface area contributed by atoms with Crippen molar-refractivity contribution in [2.45, 2.75) is 13.8 Å². The van der Waals surface area contributed by atoms with Crippen LogP contribution in [0.2, 0.25) is 0 Å². The Labute approximate surface area is 82.6 Å². The largest absolute Gasteiger partial charge is 0.403 e. The van der Waals surface area contributed by atoms with Gasteiger partial charge in [0.1, 0.15) is 0 Å². The number of nitrogens with two attached hydrogens (primary N) is 2. The van der Waals surface area contributed by atoms with Crippen LogP contribution in [0, 0.1) is 5.92 Å². The fourth-order valence-electron chi connectivity index (χ4n) is 1.11. The molecule has 0 saturated carbocycles. The molecule has 0 aliphatic heterocycles. The maximum Gasteiger partial charge on any atom is 0.260 e. The Kier molecular flexibility index (Phi) is 2.91. The Morgan fingerprint density at radius 3 is 2.86 bits per heavy atom. The molecule has 0 atom stereocenters. The van der Waals surface area contributed by atoms with Gasteiger partial charge in [0.15, 0.2) is 0 Å². The van der Waals surface area contributed by atoms with Crippen LogP contribution in [-0.4, -0.2) is 9.97 Å². The maximum atomic E-state index is 11.5. The van der Waals surface area contributed by atoms with E-state index in [9.17, 15) is 4.79 Å². The van der Waals surface area contributed by atoms with Crippen molar-refractivity contribution in [2.75, 3.05) is 0 Å². The minimum Gasteiger partial charge on any atom is -0.403 e. The summed E-state index contributed by atoms with van der Waals surface area (Å²) in [6.07, 6.45) is 2.58. The van der Waals surface area contributed by atoms with Crippen molar-refractivity contribution in [1.82, 2.24) is 9.97 Å². The second-order valence-electron chi connectivity index (χ2n) is 3.27. The van der Waals surface area contributed by atoms with Crippen LogP contribution >= 0.6 is 0 Å². The van der Waals surface area contributed by atoms with E-state index >= 15 is 0 Å². The number of aromatic amines is 1. The Balaban J connectivity index is 0.00000196. The number of rotatable bonds is 1. The zero-order valence-electron chi connectivity index (χ0n) is 8.24. The van der Waals surface area contributed by atoms with Gasteiger partial charge in [-0.2, -0.15) is 0 Å². The van der Waals surface area contributed by atoms with Crippen molar-refractivity contribution in [2.24, 2.45) is 17.4 Å². The van der Waals surface area contributed by atoms with Gasteiger partial charge in [-0.15, -0.1) is 0 Å². The molecule has 0 aliphatic carbocycles. The fourth-order valence-corrected chi connectivity index (χ4v) is 1.11. The molecule has 5 nitrogen and oxygen atoms in total. The Hall–Kier alpha value is -1.78. The quantitative estimate of drug-likeness (QED) is 0.505. The van der Waals surface area contributed by atoms with Crippen LogP contribution in [0.25, 0.3) is 11.9 Å². The van der Waals surface area contributed by atoms with Gasteiger partial charge in [0, 0.05) is 13.3 Å². The van der Waals surface area contributed by atoms with Crippen LogP contribution in [0.1, 0.15) is 15.3 Å². The molecular weight excluding hydrogens is 180 g/mol. The molecule has 1 aromatic rings. The summed E-state index contributed by atoms with van der Waals surface area (Å²) in [5.74, 6) is 0.0824. The minimum absolute atomic E-state index is 0. The van der Waals surface area contributed by atoms with Gasteiger partial charge in [-0.3, -0.25) is 4.79 Å². The summed E-state index contributed by atoms with van der Waals surface area (Å²) < 4.78 is 0. The summed E-state index contributed by atoms with van der Waals surface area (Å²) in [6, 6.07) is 0. The summed E-state index contributed by atoms with van der Waals surface area (Å²) in [5.41, 5.74) is 11.4. The number of hydrogen-bond acceptors (Lipinski definition) is 4. The predicted octanol–water partition coefficient (Wildman–Crippen LogP) is -1.56. The summed E-state index contributed by atoms with van der Waals surface area (Å²) in [4.78, 5) is 17.9. The van der Waals surface area contributed by atoms with Gasteiger partial charge in [-0.1, -0.05) is 13.8 Å². The van der Waals surface area contributed by atoms with E-state index in [1.54, 1.807) is 0 Å². The highest BCUT2D eigenvalue weighted by Gasteiger charge is 2.03. The van der Waals surface area contributed by atoms with E-state index in [-0.39, 0.29) is 12.9 Å². The number of nitrogens with zero attached hydrogens (tertiary/aromatic N) is 1. The molecule has 5 N–H and O–H groups in total. The zero-order valence-corrected chi connectivity index (χ0v) is 8.24. The van der Waals surface area contributed by atoms with Gasteiger partial charge in [-0.25, -0.2) is 4.98 Å². The molecular formula is C9H16N4O. The van der Waals surface area contributed by atoms with E-state index in [4.69, 9.17) is 11.5 Å². The number of hydrogen-bond donors (Lipinski definition) is 3. The predicted molar refractivity (Wildman–Crippen MR) is 57.3 cm³/mol. The van der Waals surface area contributed by atoms with Crippen LogP contribution in [0.5, 0.6) is 0 Å². The average Bonchev–Trinajstić information content (AvgIpc) is 2.16. The van der Waals surface area contributed by atoms with E-state index in [2.05, 4.69) is 9.97 Å². The van der Waals surface area contributed by atoms with Gasteiger partial charge in [-0.05, 0) is 5.92 Å². The van der Waals surface area contributed by atoms with E-state index in [0.717, 1.165) is 0 Å². The van der Waals surface area contributed by atoms with E-state index in [1.807, 2.05) is 13.8 Å². The van der Waals surface area contributed by atoms with Gasteiger partial charge in [0.25, 0.3) is 5.56 Å². The first-order valence-electron chi connectivity index (χ1n) is 4.33.